The summed E-state index contributed by atoms with van der Waals surface area (Å²) >= 11 is 5.79. The van der Waals surface area contributed by atoms with Crippen LogP contribution in [0.3, 0.4) is 0 Å². The molecule has 1 aromatic rings. The third kappa shape index (κ3) is 1.72. The Labute approximate surface area is 65.6 Å². The zero-order valence-electron chi connectivity index (χ0n) is 5.67. The van der Waals surface area contributed by atoms with Crippen molar-refractivity contribution >= 4 is 11.6 Å². The maximum atomic E-state index is 5.79. The molecule has 2 heteroatoms. The molecule has 0 saturated carbocycles. The Kier molecular flexibility index (Phi) is 2.72. The molecule has 53 valence electrons. The van der Waals surface area contributed by atoms with Crippen LogP contribution in [0, 0.1) is 6.61 Å². The quantitative estimate of drug-likeness (QED) is 0.638. The SMILES string of the molecule is CO[CH]c1ccccc1Cl. The summed E-state index contributed by atoms with van der Waals surface area (Å²) in [4.78, 5) is 0. The van der Waals surface area contributed by atoms with Crippen LogP contribution in [-0.2, 0) is 4.74 Å². The Morgan fingerprint density at radius 2 is 2.10 bits per heavy atom. The lowest BCUT2D eigenvalue weighted by atomic mass is 10.2. The topological polar surface area (TPSA) is 9.23 Å². The third-order valence-electron chi connectivity index (χ3n) is 1.15. The Bertz CT molecular complexity index is 210. The van der Waals surface area contributed by atoms with E-state index in [1.54, 1.807) is 13.7 Å². The first kappa shape index (κ1) is 7.58. The van der Waals surface area contributed by atoms with Crippen LogP contribution in [0.2, 0.25) is 5.02 Å². The van der Waals surface area contributed by atoms with E-state index in [4.69, 9.17) is 16.3 Å². The van der Waals surface area contributed by atoms with Crippen LogP contribution in [-0.4, -0.2) is 7.11 Å². The first-order valence-corrected chi connectivity index (χ1v) is 3.33. The van der Waals surface area contributed by atoms with E-state index in [1.807, 2.05) is 24.3 Å². The Hall–Kier alpha value is -0.530. The molecule has 0 spiro atoms. The predicted molar refractivity (Wildman–Crippen MR) is 41.9 cm³/mol. The summed E-state index contributed by atoms with van der Waals surface area (Å²) in [5, 5.41) is 0.712. The minimum absolute atomic E-state index is 0.712. The standard InChI is InChI=1S/C8H8ClO/c1-10-6-7-4-2-3-5-8(7)9/h2-6H,1H3. The van der Waals surface area contributed by atoms with Gasteiger partial charge in [0, 0.05) is 17.7 Å². The molecule has 1 nitrogen and oxygen atoms in total. The average molecular weight is 156 g/mol. The van der Waals surface area contributed by atoms with Gasteiger partial charge in [-0.2, -0.15) is 0 Å². The van der Waals surface area contributed by atoms with Crippen LogP contribution >= 0.6 is 11.6 Å². The first-order chi connectivity index (χ1) is 4.84. The lowest BCUT2D eigenvalue weighted by Gasteiger charge is -1.99. The van der Waals surface area contributed by atoms with Gasteiger partial charge in [-0.05, 0) is 6.07 Å². The van der Waals surface area contributed by atoms with Gasteiger partial charge in [0.15, 0.2) is 0 Å². The molecule has 1 aromatic carbocycles. The van der Waals surface area contributed by atoms with Gasteiger partial charge < -0.3 is 4.74 Å². The number of hydrogen-bond acceptors (Lipinski definition) is 1. The molecule has 0 unspecified atom stereocenters. The van der Waals surface area contributed by atoms with Gasteiger partial charge in [0.2, 0.25) is 0 Å². The minimum Gasteiger partial charge on any atom is -0.374 e. The summed E-state index contributed by atoms with van der Waals surface area (Å²) in [6, 6.07) is 7.52. The number of benzene rings is 1. The van der Waals surface area contributed by atoms with E-state index in [9.17, 15) is 0 Å². The first-order valence-electron chi connectivity index (χ1n) is 2.95. The van der Waals surface area contributed by atoms with Crippen molar-refractivity contribution in [1.82, 2.24) is 0 Å². The summed E-state index contributed by atoms with van der Waals surface area (Å²) in [5.41, 5.74) is 0.909. The van der Waals surface area contributed by atoms with E-state index in [2.05, 4.69) is 0 Å². The molecule has 0 heterocycles. The van der Waals surface area contributed by atoms with Crippen LogP contribution < -0.4 is 0 Å². The van der Waals surface area contributed by atoms with Crippen molar-refractivity contribution in [3.8, 4) is 0 Å². The van der Waals surface area contributed by atoms with E-state index >= 15 is 0 Å². The summed E-state index contributed by atoms with van der Waals surface area (Å²) in [6.07, 6.45) is 0. The maximum Gasteiger partial charge on any atom is 0.114 e. The Morgan fingerprint density at radius 3 is 2.70 bits per heavy atom. The van der Waals surface area contributed by atoms with Crippen molar-refractivity contribution in [2.75, 3.05) is 7.11 Å². The van der Waals surface area contributed by atoms with Gasteiger partial charge in [-0.3, -0.25) is 0 Å². The molecule has 0 N–H and O–H groups in total. The van der Waals surface area contributed by atoms with Crippen molar-refractivity contribution in [2.45, 2.75) is 0 Å². The van der Waals surface area contributed by atoms with Gasteiger partial charge in [0.05, 0.1) is 0 Å². The smallest absolute Gasteiger partial charge is 0.114 e. The number of rotatable bonds is 2. The lowest BCUT2D eigenvalue weighted by molar-refractivity contribution is 0.292. The van der Waals surface area contributed by atoms with Crippen molar-refractivity contribution in [3.63, 3.8) is 0 Å². The number of halogens is 1. The summed E-state index contributed by atoms with van der Waals surface area (Å²) in [7, 11) is 1.60. The number of ether oxygens (including phenoxy) is 1. The molecule has 0 aliphatic carbocycles. The molecule has 0 amide bonds. The van der Waals surface area contributed by atoms with Gasteiger partial charge in [-0.1, -0.05) is 29.8 Å². The average Bonchev–Trinajstić information content (AvgIpc) is 1.94. The predicted octanol–water partition coefficient (Wildman–Crippen LogP) is 2.50. The van der Waals surface area contributed by atoms with Crippen LogP contribution in [0.1, 0.15) is 5.56 Å². The Morgan fingerprint density at radius 1 is 1.40 bits per heavy atom. The second kappa shape index (κ2) is 3.59. The minimum atomic E-state index is 0.712. The van der Waals surface area contributed by atoms with Gasteiger partial charge in [0.25, 0.3) is 0 Å². The lowest BCUT2D eigenvalue weighted by Crippen LogP contribution is -1.83. The van der Waals surface area contributed by atoms with E-state index in [1.165, 1.54) is 0 Å². The van der Waals surface area contributed by atoms with Gasteiger partial charge in [-0.25, -0.2) is 0 Å². The second-order valence-electron chi connectivity index (χ2n) is 1.88. The summed E-state index contributed by atoms with van der Waals surface area (Å²) in [6.45, 7) is 1.61. The van der Waals surface area contributed by atoms with Gasteiger partial charge in [0.1, 0.15) is 6.61 Å². The summed E-state index contributed by atoms with van der Waals surface area (Å²) < 4.78 is 4.80. The highest BCUT2D eigenvalue weighted by molar-refractivity contribution is 6.31. The monoisotopic (exact) mass is 155 g/mol. The van der Waals surface area contributed by atoms with Crippen molar-refractivity contribution in [1.29, 1.82) is 0 Å². The van der Waals surface area contributed by atoms with Crippen LogP contribution in [0.25, 0.3) is 0 Å². The zero-order valence-corrected chi connectivity index (χ0v) is 6.43. The summed E-state index contributed by atoms with van der Waals surface area (Å²) in [5.74, 6) is 0. The molecule has 0 bridgehead atoms. The molecule has 10 heavy (non-hydrogen) atoms. The largest absolute Gasteiger partial charge is 0.374 e. The van der Waals surface area contributed by atoms with E-state index < -0.39 is 0 Å². The molecule has 0 aliphatic rings. The highest BCUT2D eigenvalue weighted by Crippen LogP contribution is 2.16. The second-order valence-corrected chi connectivity index (χ2v) is 2.28. The van der Waals surface area contributed by atoms with E-state index in [0.717, 1.165) is 5.56 Å². The van der Waals surface area contributed by atoms with Gasteiger partial charge in [-0.15, -0.1) is 0 Å². The fourth-order valence-corrected chi connectivity index (χ4v) is 0.878. The molecule has 1 rings (SSSR count). The van der Waals surface area contributed by atoms with E-state index in [-0.39, 0.29) is 0 Å². The normalized spacial score (nSPS) is 9.80. The third-order valence-corrected chi connectivity index (χ3v) is 1.49. The highest BCUT2D eigenvalue weighted by Gasteiger charge is 1.95. The van der Waals surface area contributed by atoms with Crippen molar-refractivity contribution in [2.24, 2.45) is 0 Å². The maximum absolute atomic E-state index is 5.79. The zero-order chi connectivity index (χ0) is 7.40. The molecule has 0 aliphatic heterocycles. The van der Waals surface area contributed by atoms with Gasteiger partial charge >= 0.3 is 0 Å². The number of hydrogen-bond donors (Lipinski definition) is 0. The van der Waals surface area contributed by atoms with Crippen LogP contribution in [0.4, 0.5) is 0 Å². The fourth-order valence-electron chi connectivity index (χ4n) is 0.698. The van der Waals surface area contributed by atoms with Crippen LogP contribution in [0.5, 0.6) is 0 Å². The Balaban J connectivity index is 2.81. The highest BCUT2D eigenvalue weighted by atomic mass is 35.5. The van der Waals surface area contributed by atoms with Crippen molar-refractivity contribution in [3.05, 3.63) is 41.5 Å². The molecule has 0 aromatic heterocycles. The fraction of sp³-hybridized carbons (Fsp3) is 0.125. The molecule has 0 fully saturated rings. The molecule has 0 atom stereocenters. The number of methoxy groups -OCH3 is 1. The molecule has 1 radical (unpaired) electrons. The van der Waals surface area contributed by atoms with Crippen molar-refractivity contribution < 1.29 is 4.74 Å². The molecule has 0 saturated heterocycles. The molecular weight excluding hydrogens is 148 g/mol. The van der Waals surface area contributed by atoms with Crippen LogP contribution in [0.15, 0.2) is 24.3 Å². The van der Waals surface area contributed by atoms with E-state index in [0.29, 0.717) is 5.02 Å². The molecular formula is C8H8ClO.